The molecule has 31 heavy (non-hydrogen) atoms. The zero-order valence-electron chi connectivity index (χ0n) is 18.2. The highest BCUT2D eigenvalue weighted by Gasteiger charge is 2.25. The van der Waals surface area contributed by atoms with E-state index < -0.39 is 0 Å². The van der Waals surface area contributed by atoms with Crippen LogP contribution in [-0.4, -0.2) is 44.9 Å². The number of aliphatic imine (C=N–C) groups is 1. The number of aromatic nitrogens is 2. The molecule has 1 fully saturated rings. The van der Waals surface area contributed by atoms with Gasteiger partial charge in [0.15, 0.2) is 0 Å². The van der Waals surface area contributed by atoms with Gasteiger partial charge in [-0.2, -0.15) is 4.99 Å². The van der Waals surface area contributed by atoms with Crippen molar-refractivity contribution in [3.8, 4) is 0 Å². The summed E-state index contributed by atoms with van der Waals surface area (Å²) in [5.41, 5.74) is 9.31. The number of likely N-dealkylation sites (tertiary alicyclic amines) is 1. The zero-order chi connectivity index (χ0) is 22.4. The Morgan fingerprint density at radius 3 is 2.45 bits per heavy atom. The van der Waals surface area contributed by atoms with Gasteiger partial charge in [-0.05, 0) is 63.0 Å². The van der Waals surface area contributed by atoms with Gasteiger partial charge in [0.05, 0.1) is 0 Å². The molecule has 1 aromatic carbocycles. The molecule has 8 nitrogen and oxygen atoms in total. The molecule has 1 aromatic heterocycles. The number of carbonyl (C=O) groups excluding carboxylic acids is 1. The SMILES string of the molecule is CCc1ccccc1NC(=S)/N=C(/Nc1nc(C)cc(C)n1)N1CCC(C(N)=O)CC1. The lowest BCUT2D eigenvalue weighted by atomic mass is 9.96. The molecule has 1 saturated heterocycles. The number of amides is 1. The smallest absolute Gasteiger partial charge is 0.229 e. The van der Waals surface area contributed by atoms with E-state index in [-0.39, 0.29) is 11.8 Å². The summed E-state index contributed by atoms with van der Waals surface area (Å²) in [5, 5.41) is 6.80. The van der Waals surface area contributed by atoms with Gasteiger partial charge in [0, 0.05) is 36.1 Å². The van der Waals surface area contributed by atoms with Crippen molar-refractivity contribution in [1.82, 2.24) is 14.9 Å². The van der Waals surface area contributed by atoms with Crippen molar-refractivity contribution in [3.05, 3.63) is 47.3 Å². The molecule has 1 aliphatic heterocycles. The van der Waals surface area contributed by atoms with Crippen LogP contribution in [0.3, 0.4) is 0 Å². The minimum atomic E-state index is -0.253. The minimum absolute atomic E-state index is 0.114. The van der Waals surface area contributed by atoms with Gasteiger partial charge in [0.25, 0.3) is 0 Å². The standard InChI is InChI=1S/C22H29N7OS/c1-4-16-7-5-6-8-18(16)26-22(31)28-21(27-20-24-14(2)13-15(3)25-20)29-11-9-17(10-12-29)19(23)30/h5-8,13,17H,4,9-12H2,1-3H3,(H2,23,30)(H2,24,25,26,27,28,31). The van der Waals surface area contributed by atoms with Crippen LogP contribution in [0.15, 0.2) is 35.3 Å². The molecule has 164 valence electrons. The maximum absolute atomic E-state index is 11.5. The molecular weight excluding hydrogens is 410 g/mol. The van der Waals surface area contributed by atoms with Crippen molar-refractivity contribution in [1.29, 1.82) is 0 Å². The van der Waals surface area contributed by atoms with Crippen LogP contribution < -0.4 is 16.4 Å². The number of anilines is 2. The van der Waals surface area contributed by atoms with Gasteiger partial charge in [0.2, 0.25) is 22.9 Å². The molecule has 0 atom stereocenters. The first-order valence-electron chi connectivity index (χ1n) is 10.5. The molecule has 0 spiro atoms. The van der Waals surface area contributed by atoms with Gasteiger partial charge < -0.3 is 16.0 Å². The van der Waals surface area contributed by atoms with Crippen molar-refractivity contribution >= 4 is 40.8 Å². The zero-order valence-corrected chi connectivity index (χ0v) is 19.0. The third kappa shape index (κ3) is 6.21. The Morgan fingerprint density at radius 2 is 1.84 bits per heavy atom. The molecule has 4 N–H and O–H groups in total. The van der Waals surface area contributed by atoms with Gasteiger partial charge in [-0.1, -0.05) is 25.1 Å². The third-order valence-corrected chi connectivity index (χ3v) is 5.44. The lowest BCUT2D eigenvalue weighted by Crippen LogP contribution is -2.45. The average Bonchev–Trinajstić information content (AvgIpc) is 2.73. The molecule has 0 unspecified atom stereocenters. The maximum Gasteiger partial charge on any atom is 0.229 e. The van der Waals surface area contributed by atoms with Crippen molar-refractivity contribution in [2.75, 3.05) is 23.7 Å². The summed E-state index contributed by atoms with van der Waals surface area (Å²) in [6.07, 6.45) is 2.23. The molecule has 0 radical (unpaired) electrons. The van der Waals surface area contributed by atoms with E-state index in [4.69, 9.17) is 18.0 Å². The summed E-state index contributed by atoms with van der Waals surface area (Å²) >= 11 is 5.54. The Morgan fingerprint density at radius 1 is 1.19 bits per heavy atom. The number of benzene rings is 1. The number of rotatable bonds is 4. The van der Waals surface area contributed by atoms with Gasteiger partial charge in [0.1, 0.15) is 0 Å². The lowest BCUT2D eigenvalue weighted by molar-refractivity contribution is -0.122. The van der Waals surface area contributed by atoms with Crippen molar-refractivity contribution in [2.45, 2.75) is 40.0 Å². The second kappa shape index (κ2) is 10.3. The summed E-state index contributed by atoms with van der Waals surface area (Å²) in [4.78, 5) is 27.2. The molecular formula is C22H29N7OS. The summed E-state index contributed by atoms with van der Waals surface area (Å²) in [6.45, 7) is 7.21. The van der Waals surface area contributed by atoms with Crippen LogP contribution in [0, 0.1) is 19.8 Å². The van der Waals surface area contributed by atoms with Crippen LogP contribution in [0.25, 0.3) is 0 Å². The number of nitrogens with zero attached hydrogens (tertiary/aromatic N) is 4. The number of carbonyl (C=O) groups is 1. The highest BCUT2D eigenvalue weighted by atomic mass is 32.1. The second-order valence-electron chi connectivity index (χ2n) is 7.64. The number of hydrogen-bond donors (Lipinski definition) is 3. The summed E-state index contributed by atoms with van der Waals surface area (Å²) < 4.78 is 0. The number of guanidine groups is 1. The van der Waals surface area contributed by atoms with Crippen LogP contribution in [0.5, 0.6) is 0 Å². The van der Waals surface area contributed by atoms with Crippen molar-refractivity contribution in [3.63, 3.8) is 0 Å². The summed E-state index contributed by atoms with van der Waals surface area (Å²) in [7, 11) is 0. The summed E-state index contributed by atoms with van der Waals surface area (Å²) in [5.74, 6) is 0.651. The Hall–Kier alpha value is -3.07. The normalized spacial score (nSPS) is 14.9. The second-order valence-corrected chi connectivity index (χ2v) is 8.03. The molecule has 0 aliphatic carbocycles. The number of piperidine rings is 1. The number of aryl methyl sites for hydroxylation is 3. The average molecular weight is 440 g/mol. The molecule has 0 saturated carbocycles. The van der Waals surface area contributed by atoms with E-state index >= 15 is 0 Å². The van der Waals surface area contributed by atoms with E-state index in [1.807, 2.05) is 38.1 Å². The van der Waals surface area contributed by atoms with E-state index in [0.717, 1.165) is 29.1 Å². The first kappa shape index (κ1) is 22.6. The third-order valence-electron chi connectivity index (χ3n) is 5.25. The van der Waals surface area contributed by atoms with E-state index in [1.54, 1.807) is 0 Å². The molecule has 2 aromatic rings. The fourth-order valence-electron chi connectivity index (χ4n) is 3.63. The van der Waals surface area contributed by atoms with Crippen LogP contribution >= 0.6 is 12.2 Å². The molecule has 1 amide bonds. The number of para-hydroxylation sites is 1. The highest BCUT2D eigenvalue weighted by Crippen LogP contribution is 2.19. The Kier molecular flexibility index (Phi) is 7.51. The topological polar surface area (TPSA) is 109 Å². The van der Waals surface area contributed by atoms with Crippen LogP contribution in [0.4, 0.5) is 11.6 Å². The van der Waals surface area contributed by atoms with Gasteiger partial charge >= 0.3 is 0 Å². The quantitative estimate of drug-likeness (QED) is 0.382. The van der Waals surface area contributed by atoms with Gasteiger partial charge in [-0.15, -0.1) is 0 Å². The highest BCUT2D eigenvalue weighted by molar-refractivity contribution is 7.80. The van der Waals surface area contributed by atoms with Gasteiger partial charge in [-0.3, -0.25) is 10.1 Å². The Bertz CT molecular complexity index is 963. The number of thiocarbonyl (C=S) groups is 1. The Balaban J connectivity index is 1.83. The number of nitrogens with one attached hydrogen (secondary N) is 2. The number of hydrogen-bond acceptors (Lipinski definition) is 4. The molecule has 3 rings (SSSR count). The molecule has 1 aliphatic rings. The largest absolute Gasteiger partial charge is 0.369 e. The van der Waals surface area contributed by atoms with E-state index in [9.17, 15) is 4.79 Å². The van der Waals surface area contributed by atoms with Crippen LogP contribution in [0.2, 0.25) is 0 Å². The van der Waals surface area contributed by atoms with Gasteiger partial charge in [-0.25, -0.2) is 9.97 Å². The first-order chi connectivity index (χ1) is 14.9. The monoisotopic (exact) mass is 439 g/mol. The molecule has 9 heteroatoms. The lowest BCUT2D eigenvalue weighted by Gasteiger charge is -2.32. The molecule has 2 heterocycles. The predicted octanol–water partition coefficient (Wildman–Crippen LogP) is 3.02. The minimum Gasteiger partial charge on any atom is -0.369 e. The number of primary amides is 1. The first-order valence-corrected chi connectivity index (χ1v) is 10.9. The van der Waals surface area contributed by atoms with E-state index in [0.29, 0.717) is 43.0 Å². The fraction of sp³-hybridized carbons (Fsp3) is 0.409. The fourth-order valence-corrected chi connectivity index (χ4v) is 3.82. The van der Waals surface area contributed by atoms with Crippen LogP contribution in [-0.2, 0) is 11.2 Å². The van der Waals surface area contributed by atoms with Crippen molar-refractivity contribution < 1.29 is 4.79 Å². The van der Waals surface area contributed by atoms with Crippen molar-refractivity contribution in [2.24, 2.45) is 16.6 Å². The predicted molar refractivity (Wildman–Crippen MR) is 128 cm³/mol. The summed E-state index contributed by atoms with van der Waals surface area (Å²) in [6, 6.07) is 9.92. The number of nitrogens with two attached hydrogens (primary N) is 1. The van der Waals surface area contributed by atoms with Crippen LogP contribution in [0.1, 0.15) is 36.7 Å². The molecule has 0 bridgehead atoms. The maximum atomic E-state index is 11.5. The Labute approximate surface area is 188 Å². The van der Waals surface area contributed by atoms with E-state index in [2.05, 4.69) is 43.5 Å². The van der Waals surface area contributed by atoms with E-state index in [1.165, 1.54) is 0 Å².